The predicted octanol–water partition coefficient (Wildman–Crippen LogP) is 3.89. The number of carbonyl (C=O) groups is 1. The smallest absolute Gasteiger partial charge is 0.234 e. The van der Waals surface area contributed by atoms with E-state index in [0.717, 1.165) is 11.3 Å². The lowest BCUT2D eigenvalue weighted by Gasteiger charge is -2.11. The maximum Gasteiger partial charge on any atom is 0.234 e. The second kappa shape index (κ2) is 9.05. The molecular formula is C20H19N3O3S. The molecule has 1 N–H and O–H groups in total. The minimum Gasteiger partial charge on any atom is -0.497 e. The summed E-state index contributed by atoms with van der Waals surface area (Å²) in [6.07, 6.45) is 0. The SMILES string of the molecule is COc1ccc(OC)c(NC(=O)CSc2ccc(-c3ccccc3)nn2)c1. The number of hydrogen-bond acceptors (Lipinski definition) is 6. The third-order valence-electron chi connectivity index (χ3n) is 3.74. The van der Waals surface area contributed by atoms with Gasteiger partial charge in [0.15, 0.2) is 0 Å². The van der Waals surface area contributed by atoms with E-state index in [1.807, 2.05) is 42.5 Å². The number of anilines is 1. The largest absolute Gasteiger partial charge is 0.497 e. The van der Waals surface area contributed by atoms with Crippen LogP contribution in [0.4, 0.5) is 5.69 Å². The Balaban J connectivity index is 1.59. The van der Waals surface area contributed by atoms with Crippen LogP contribution >= 0.6 is 11.8 Å². The van der Waals surface area contributed by atoms with Gasteiger partial charge in [0, 0.05) is 11.6 Å². The fourth-order valence-corrected chi connectivity index (χ4v) is 3.01. The Kier molecular flexibility index (Phi) is 6.27. The predicted molar refractivity (Wildman–Crippen MR) is 106 cm³/mol. The summed E-state index contributed by atoms with van der Waals surface area (Å²) in [7, 11) is 3.12. The van der Waals surface area contributed by atoms with Gasteiger partial charge in [0.05, 0.1) is 31.4 Å². The van der Waals surface area contributed by atoms with Crippen molar-refractivity contribution in [2.75, 3.05) is 25.3 Å². The van der Waals surface area contributed by atoms with E-state index in [1.54, 1.807) is 32.4 Å². The van der Waals surface area contributed by atoms with E-state index < -0.39 is 0 Å². The van der Waals surface area contributed by atoms with Gasteiger partial charge in [0.1, 0.15) is 16.5 Å². The number of aromatic nitrogens is 2. The molecule has 3 aromatic rings. The Hall–Kier alpha value is -3.06. The third kappa shape index (κ3) is 4.98. The van der Waals surface area contributed by atoms with E-state index in [9.17, 15) is 4.79 Å². The molecule has 0 saturated heterocycles. The summed E-state index contributed by atoms with van der Waals surface area (Å²) in [6, 6.07) is 18.8. The molecule has 1 aromatic heterocycles. The van der Waals surface area contributed by atoms with Crippen molar-refractivity contribution in [3.8, 4) is 22.8 Å². The number of nitrogens with zero attached hydrogens (tertiary/aromatic N) is 2. The Labute approximate surface area is 161 Å². The molecule has 7 heteroatoms. The Bertz CT molecular complexity index is 902. The first-order valence-electron chi connectivity index (χ1n) is 8.23. The van der Waals surface area contributed by atoms with E-state index >= 15 is 0 Å². The lowest BCUT2D eigenvalue weighted by atomic mass is 10.1. The molecule has 0 atom stereocenters. The van der Waals surface area contributed by atoms with Gasteiger partial charge in [-0.1, -0.05) is 42.1 Å². The molecule has 0 aliphatic rings. The Morgan fingerprint density at radius 2 is 1.81 bits per heavy atom. The summed E-state index contributed by atoms with van der Waals surface area (Å²) >= 11 is 1.32. The average molecular weight is 381 g/mol. The van der Waals surface area contributed by atoms with Crippen molar-refractivity contribution in [3.63, 3.8) is 0 Å². The molecule has 0 aliphatic carbocycles. The topological polar surface area (TPSA) is 73.3 Å². The molecule has 2 aromatic carbocycles. The lowest BCUT2D eigenvalue weighted by molar-refractivity contribution is -0.113. The highest BCUT2D eigenvalue weighted by molar-refractivity contribution is 7.99. The average Bonchev–Trinajstić information content (AvgIpc) is 2.73. The summed E-state index contributed by atoms with van der Waals surface area (Å²) in [6.45, 7) is 0. The molecule has 1 heterocycles. The fourth-order valence-electron chi connectivity index (χ4n) is 2.40. The first-order chi connectivity index (χ1) is 13.2. The van der Waals surface area contributed by atoms with E-state index in [1.165, 1.54) is 11.8 Å². The molecular weight excluding hydrogens is 362 g/mol. The first kappa shape index (κ1) is 18.7. The summed E-state index contributed by atoms with van der Waals surface area (Å²) in [5.41, 5.74) is 2.36. The van der Waals surface area contributed by atoms with Crippen LogP contribution < -0.4 is 14.8 Å². The lowest BCUT2D eigenvalue weighted by Crippen LogP contribution is -2.15. The number of nitrogens with one attached hydrogen (secondary N) is 1. The fraction of sp³-hybridized carbons (Fsp3) is 0.150. The van der Waals surface area contributed by atoms with Crippen LogP contribution in [-0.2, 0) is 4.79 Å². The van der Waals surface area contributed by atoms with Crippen molar-refractivity contribution >= 4 is 23.4 Å². The number of thioether (sulfide) groups is 1. The van der Waals surface area contributed by atoms with E-state index in [4.69, 9.17) is 9.47 Å². The highest BCUT2D eigenvalue weighted by atomic mass is 32.2. The molecule has 1 amide bonds. The van der Waals surface area contributed by atoms with Crippen molar-refractivity contribution in [2.45, 2.75) is 5.03 Å². The highest BCUT2D eigenvalue weighted by Crippen LogP contribution is 2.29. The number of carbonyl (C=O) groups excluding carboxylic acids is 1. The van der Waals surface area contributed by atoms with E-state index in [2.05, 4.69) is 15.5 Å². The second-order valence-corrected chi connectivity index (χ2v) is 6.52. The number of rotatable bonds is 7. The maximum absolute atomic E-state index is 12.3. The normalized spacial score (nSPS) is 10.3. The third-order valence-corrected chi connectivity index (χ3v) is 4.66. The minimum atomic E-state index is -0.166. The maximum atomic E-state index is 12.3. The minimum absolute atomic E-state index is 0.166. The van der Waals surface area contributed by atoms with Gasteiger partial charge in [-0.2, -0.15) is 0 Å². The van der Waals surface area contributed by atoms with E-state index in [-0.39, 0.29) is 11.7 Å². The number of hydrogen-bond donors (Lipinski definition) is 1. The number of benzene rings is 2. The zero-order chi connectivity index (χ0) is 19.1. The molecule has 0 saturated carbocycles. The van der Waals surface area contributed by atoms with Gasteiger partial charge >= 0.3 is 0 Å². The molecule has 138 valence electrons. The molecule has 0 unspecified atom stereocenters. The van der Waals surface area contributed by atoms with Crippen LogP contribution in [-0.4, -0.2) is 36.1 Å². The van der Waals surface area contributed by atoms with Crippen molar-refractivity contribution in [1.29, 1.82) is 0 Å². The highest BCUT2D eigenvalue weighted by Gasteiger charge is 2.10. The van der Waals surface area contributed by atoms with Crippen molar-refractivity contribution in [1.82, 2.24) is 10.2 Å². The van der Waals surface area contributed by atoms with Gasteiger partial charge in [0.25, 0.3) is 0 Å². The molecule has 0 radical (unpaired) electrons. The van der Waals surface area contributed by atoms with Crippen LogP contribution in [0.3, 0.4) is 0 Å². The van der Waals surface area contributed by atoms with Crippen LogP contribution in [0.15, 0.2) is 65.7 Å². The quantitative estimate of drug-likeness (QED) is 0.626. The Morgan fingerprint density at radius 3 is 2.48 bits per heavy atom. The van der Waals surface area contributed by atoms with Crippen molar-refractivity contribution in [2.24, 2.45) is 0 Å². The zero-order valence-corrected chi connectivity index (χ0v) is 15.8. The molecule has 0 fully saturated rings. The second-order valence-electron chi connectivity index (χ2n) is 5.53. The standard InChI is InChI=1S/C20H19N3O3S/c1-25-15-8-10-18(26-2)17(12-15)21-19(24)13-27-20-11-9-16(22-23-20)14-6-4-3-5-7-14/h3-12H,13H2,1-2H3,(H,21,24). The number of methoxy groups -OCH3 is 2. The monoisotopic (exact) mass is 381 g/mol. The van der Waals surface area contributed by atoms with Crippen LogP contribution in [0.2, 0.25) is 0 Å². The molecule has 0 bridgehead atoms. The summed E-state index contributed by atoms with van der Waals surface area (Å²) in [5, 5.41) is 11.9. The van der Waals surface area contributed by atoms with Gasteiger partial charge in [-0.05, 0) is 24.3 Å². The molecule has 0 aliphatic heterocycles. The zero-order valence-electron chi connectivity index (χ0n) is 15.0. The number of amides is 1. The van der Waals surface area contributed by atoms with Gasteiger partial charge in [-0.3, -0.25) is 4.79 Å². The first-order valence-corrected chi connectivity index (χ1v) is 9.22. The van der Waals surface area contributed by atoms with Crippen LogP contribution in [0.5, 0.6) is 11.5 Å². The van der Waals surface area contributed by atoms with Gasteiger partial charge < -0.3 is 14.8 Å². The molecule has 0 spiro atoms. The van der Waals surface area contributed by atoms with Crippen LogP contribution in [0.25, 0.3) is 11.3 Å². The van der Waals surface area contributed by atoms with Gasteiger partial charge in [-0.15, -0.1) is 10.2 Å². The molecule has 27 heavy (non-hydrogen) atoms. The molecule has 3 rings (SSSR count). The summed E-state index contributed by atoms with van der Waals surface area (Å²) in [4.78, 5) is 12.3. The molecule has 6 nitrogen and oxygen atoms in total. The van der Waals surface area contributed by atoms with Gasteiger partial charge in [0.2, 0.25) is 5.91 Å². The van der Waals surface area contributed by atoms with Crippen molar-refractivity contribution in [3.05, 3.63) is 60.7 Å². The van der Waals surface area contributed by atoms with Gasteiger partial charge in [-0.25, -0.2) is 0 Å². The number of ether oxygens (including phenoxy) is 2. The van der Waals surface area contributed by atoms with E-state index in [0.29, 0.717) is 22.2 Å². The summed E-state index contributed by atoms with van der Waals surface area (Å²) < 4.78 is 10.4. The van der Waals surface area contributed by atoms with Crippen molar-refractivity contribution < 1.29 is 14.3 Å². The van der Waals surface area contributed by atoms with Crippen LogP contribution in [0, 0.1) is 0 Å². The summed E-state index contributed by atoms with van der Waals surface area (Å²) in [5.74, 6) is 1.25. The van der Waals surface area contributed by atoms with Crippen LogP contribution in [0.1, 0.15) is 0 Å². The Morgan fingerprint density at radius 1 is 1.00 bits per heavy atom.